The molecule has 2 heterocycles. The quantitative estimate of drug-likeness (QED) is 0.807. The van der Waals surface area contributed by atoms with Crippen molar-refractivity contribution in [1.29, 1.82) is 0 Å². The Bertz CT molecular complexity index is 591. The summed E-state index contributed by atoms with van der Waals surface area (Å²) in [5.74, 6) is 1.23. The van der Waals surface area contributed by atoms with Gasteiger partial charge in [-0.2, -0.15) is 5.10 Å². The molecule has 0 N–H and O–H groups in total. The molecule has 0 saturated carbocycles. The van der Waals surface area contributed by atoms with Gasteiger partial charge in [0.2, 0.25) is 11.8 Å². The molecular formula is C17H25N3O2. The molecule has 3 rings (SSSR count). The van der Waals surface area contributed by atoms with Crippen LogP contribution in [0.25, 0.3) is 0 Å². The predicted octanol–water partition coefficient (Wildman–Crippen LogP) is 2.76. The van der Waals surface area contributed by atoms with Crippen molar-refractivity contribution in [1.82, 2.24) is 14.7 Å². The largest absolute Gasteiger partial charge is 0.481 e. The van der Waals surface area contributed by atoms with Crippen molar-refractivity contribution in [2.75, 3.05) is 13.7 Å². The number of nitrogens with zero attached hydrogens (tertiary/aromatic N) is 3. The first-order chi connectivity index (χ1) is 10.6. The fourth-order valence-corrected chi connectivity index (χ4v) is 3.86. The van der Waals surface area contributed by atoms with Crippen LogP contribution in [0.3, 0.4) is 0 Å². The minimum atomic E-state index is 0.113. The highest BCUT2D eigenvalue weighted by Gasteiger charge is 2.37. The molecule has 0 spiro atoms. The third-order valence-electron chi connectivity index (χ3n) is 4.89. The zero-order chi connectivity index (χ0) is 15.7. The average molecular weight is 303 g/mol. The molecule has 22 heavy (non-hydrogen) atoms. The second-order valence-corrected chi connectivity index (χ2v) is 6.30. The van der Waals surface area contributed by atoms with Gasteiger partial charge in [-0.05, 0) is 39.0 Å². The van der Waals surface area contributed by atoms with Gasteiger partial charge in [0, 0.05) is 19.5 Å². The maximum Gasteiger partial charge on any atom is 0.226 e. The smallest absolute Gasteiger partial charge is 0.226 e. The topological polar surface area (TPSA) is 47.4 Å². The lowest BCUT2D eigenvalue weighted by Crippen LogP contribution is -2.36. The van der Waals surface area contributed by atoms with Crippen LogP contribution in [0.15, 0.2) is 12.2 Å². The van der Waals surface area contributed by atoms with Gasteiger partial charge in [-0.25, -0.2) is 4.68 Å². The molecule has 0 aromatic carbocycles. The number of aryl methyl sites for hydroxylation is 2. The Hall–Kier alpha value is -1.78. The van der Waals surface area contributed by atoms with Gasteiger partial charge >= 0.3 is 0 Å². The van der Waals surface area contributed by atoms with E-state index in [-0.39, 0.29) is 12.0 Å². The van der Waals surface area contributed by atoms with E-state index in [0.717, 1.165) is 55.8 Å². The third kappa shape index (κ3) is 2.53. The number of methoxy groups -OCH3 is 1. The molecule has 5 heteroatoms. The summed E-state index contributed by atoms with van der Waals surface area (Å²) in [6, 6.07) is 0.113. The van der Waals surface area contributed by atoms with Crippen LogP contribution >= 0.6 is 0 Å². The summed E-state index contributed by atoms with van der Waals surface area (Å²) in [4.78, 5) is 15.0. The van der Waals surface area contributed by atoms with Gasteiger partial charge in [0.05, 0.1) is 24.4 Å². The van der Waals surface area contributed by atoms with Crippen LogP contribution in [-0.2, 0) is 11.8 Å². The molecule has 1 saturated heterocycles. The van der Waals surface area contributed by atoms with Crippen molar-refractivity contribution in [2.45, 2.75) is 45.1 Å². The average Bonchev–Trinajstić information content (AvgIpc) is 3.10. The monoisotopic (exact) mass is 303 g/mol. The van der Waals surface area contributed by atoms with Crippen LogP contribution in [-0.4, -0.2) is 34.2 Å². The van der Waals surface area contributed by atoms with E-state index in [2.05, 4.69) is 22.2 Å². The number of carbonyl (C=O) groups is 1. The summed E-state index contributed by atoms with van der Waals surface area (Å²) in [5, 5.41) is 4.48. The molecule has 5 nitrogen and oxygen atoms in total. The van der Waals surface area contributed by atoms with E-state index in [1.807, 2.05) is 14.0 Å². The van der Waals surface area contributed by atoms with Crippen molar-refractivity contribution >= 4 is 5.91 Å². The number of amides is 1. The molecule has 120 valence electrons. The Kier molecular flexibility index (Phi) is 4.23. The number of hydrogen-bond donors (Lipinski definition) is 0. The maximum atomic E-state index is 12.9. The maximum absolute atomic E-state index is 12.9. The van der Waals surface area contributed by atoms with Crippen LogP contribution in [0.1, 0.15) is 49.4 Å². The second-order valence-electron chi connectivity index (χ2n) is 6.30. The van der Waals surface area contributed by atoms with E-state index in [1.165, 1.54) is 0 Å². The molecule has 1 aromatic heterocycles. The summed E-state index contributed by atoms with van der Waals surface area (Å²) in [6.07, 6.45) is 9.25. The fourth-order valence-electron chi connectivity index (χ4n) is 3.86. The first-order valence-electron chi connectivity index (χ1n) is 8.16. The van der Waals surface area contributed by atoms with E-state index in [0.29, 0.717) is 5.91 Å². The van der Waals surface area contributed by atoms with E-state index in [1.54, 1.807) is 11.8 Å². The highest BCUT2D eigenvalue weighted by Crippen LogP contribution is 2.40. The summed E-state index contributed by atoms with van der Waals surface area (Å²) in [7, 11) is 3.56. The van der Waals surface area contributed by atoms with Crippen molar-refractivity contribution in [2.24, 2.45) is 13.0 Å². The third-order valence-corrected chi connectivity index (χ3v) is 4.89. The van der Waals surface area contributed by atoms with Crippen LogP contribution in [0.2, 0.25) is 0 Å². The highest BCUT2D eigenvalue weighted by atomic mass is 16.5. The van der Waals surface area contributed by atoms with Gasteiger partial charge in [-0.3, -0.25) is 4.79 Å². The Labute approximate surface area is 131 Å². The lowest BCUT2D eigenvalue weighted by Gasteiger charge is -2.29. The van der Waals surface area contributed by atoms with Crippen LogP contribution < -0.4 is 4.74 Å². The highest BCUT2D eigenvalue weighted by molar-refractivity contribution is 5.80. The van der Waals surface area contributed by atoms with Gasteiger partial charge in [-0.15, -0.1) is 0 Å². The molecular weight excluding hydrogens is 278 g/mol. The van der Waals surface area contributed by atoms with E-state index < -0.39 is 0 Å². The molecule has 2 atom stereocenters. The van der Waals surface area contributed by atoms with Crippen molar-refractivity contribution < 1.29 is 9.53 Å². The standard InChI is InChI=1S/C17H25N3O2/c1-12-15(17(22-3)19(2)18-12)14-10-7-11-20(14)16(21)13-8-5-4-6-9-13/h4-5,13-14H,6-11H2,1-3H3. The Morgan fingerprint density at radius 1 is 1.36 bits per heavy atom. The predicted molar refractivity (Wildman–Crippen MR) is 84.7 cm³/mol. The Balaban J connectivity index is 1.87. The van der Waals surface area contributed by atoms with Gasteiger partial charge < -0.3 is 9.64 Å². The number of ether oxygens (including phenoxy) is 1. The van der Waals surface area contributed by atoms with Crippen LogP contribution in [0.5, 0.6) is 5.88 Å². The normalized spacial score (nSPS) is 24.8. The van der Waals surface area contributed by atoms with Gasteiger partial charge in [-0.1, -0.05) is 12.2 Å². The zero-order valence-electron chi connectivity index (χ0n) is 13.7. The lowest BCUT2D eigenvalue weighted by atomic mass is 9.92. The van der Waals surface area contributed by atoms with Crippen molar-refractivity contribution in [3.63, 3.8) is 0 Å². The molecule has 2 unspecified atom stereocenters. The van der Waals surface area contributed by atoms with Crippen LogP contribution in [0.4, 0.5) is 0 Å². The lowest BCUT2D eigenvalue weighted by molar-refractivity contribution is -0.136. The Morgan fingerprint density at radius 2 is 2.18 bits per heavy atom. The van der Waals surface area contributed by atoms with Crippen molar-refractivity contribution in [3.8, 4) is 5.88 Å². The molecule has 2 aliphatic rings. The van der Waals surface area contributed by atoms with Crippen molar-refractivity contribution in [3.05, 3.63) is 23.4 Å². The molecule has 1 aliphatic carbocycles. The first-order valence-corrected chi connectivity index (χ1v) is 8.16. The van der Waals surface area contributed by atoms with E-state index >= 15 is 0 Å². The minimum absolute atomic E-state index is 0.113. The number of rotatable bonds is 3. The molecule has 0 radical (unpaired) electrons. The molecule has 0 bridgehead atoms. The molecule has 1 fully saturated rings. The number of aromatic nitrogens is 2. The van der Waals surface area contributed by atoms with Crippen LogP contribution in [0, 0.1) is 12.8 Å². The fraction of sp³-hybridized carbons (Fsp3) is 0.647. The minimum Gasteiger partial charge on any atom is -0.481 e. The molecule has 1 amide bonds. The van der Waals surface area contributed by atoms with Gasteiger partial charge in [0.25, 0.3) is 0 Å². The number of hydrogen-bond acceptors (Lipinski definition) is 3. The SMILES string of the molecule is COc1c(C2CCCN2C(=O)C2CC=CCC2)c(C)nn1C. The summed E-state index contributed by atoms with van der Waals surface area (Å²) in [6.45, 7) is 2.85. The molecule has 1 aromatic rings. The van der Waals surface area contributed by atoms with Gasteiger partial charge in [0.1, 0.15) is 0 Å². The summed E-state index contributed by atoms with van der Waals surface area (Å²) < 4.78 is 7.31. The summed E-state index contributed by atoms with van der Waals surface area (Å²) in [5.41, 5.74) is 2.05. The summed E-state index contributed by atoms with van der Waals surface area (Å²) >= 11 is 0. The van der Waals surface area contributed by atoms with Gasteiger partial charge in [0.15, 0.2) is 0 Å². The second kappa shape index (κ2) is 6.15. The van der Waals surface area contributed by atoms with E-state index in [9.17, 15) is 4.79 Å². The number of carbonyl (C=O) groups excluding carboxylic acids is 1. The Morgan fingerprint density at radius 3 is 2.86 bits per heavy atom. The number of allylic oxidation sites excluding steroid dienone is 2. The first kappa shape index (κ1) is 15.1. The molecule has 1 aliphatic heterocycles. The zero-order valence-corrected chi connectivity index (χ0v) is 13.7. The van der Waals surface area contributed by atoms with E-state index in [4.69, 9.17) is 4.74 Å². The number of likely N-dealkylation sites (tertiary alicyclic amines) is 1.